The number of aromatic nitrogens is 1. The van der Waals surface area contributed by atoms with Crippen molar-refractivity contribution in [2.24, 2.45) is 5.16 Å². The third kappa shape index (κ3) is 2.66. The van der Waals surface area contributed by atoms with Gasteiger partial charge in [-0.3, -0.25) is 0 Å². The second kappa shape index (κ2) is 5.30. The third-order valence-corrected chi connectivity index (χ3v) is 2.39. The van der Waals surface area contributed by atoms with Gasteiger partial charge in [0.25, 0.3) is 0 Å². The number of hydrogen-bond acceptors (Lipinski definition) is 7. The highest BCUT2D eigenvalue weighted by Crippen LogP contribution is 2.15. The average molecular weight is 229 g/mol. The van der Waals surface area contributed by atoms with Crippen LogP contribution in [-0.2, 0) is 9.53 Å². The monoisotopic (exact) mass is 229 g/mol. The van der Waals surface area contributed by atoms with Gasteiger partial charge < -0.3 is 15.3 Å². The molecule has 2 N–H and O–H groups in total. The number of thiazole rings is 1. The Morgan fingerprint density at radius 1 is 1.80 bits per heavy atom. The van der Waals surface area contributed by atoms with Crippen LogP contribution in [0.1, 0.15) is 12.6 Å². The molecule has 6 nitrogen and oxygen atoms in total. The van der Waals surface area contributed by atoms with Crippen LogP contribution in [0.4, 0.5) is 5.13 Å². The molecule has 1 aromatic rings. The van der Waals surface area contributed by atoms with Crippen LogP contribution >= 0.6 is 11.3 Å². The molecule has 15 heavy (non-hydrogen) atoms. The minimum Gasteiger partial charge on any atom is -0.461 e. The topological polar surface area (TPSA) is 83.8 Å². The number of nitrogens with zero attached hydrogens (tertiary/aromatic N) is 2. The van der Waals surface area contributed by atoms with E-state index in [9.17, 15) is 4.79 Å². The van der Waals surface area contributed by atoms with Crippen molar-refractivity contribution in [3.8, 4) is 0 Å². The number of nitrogens with one attached hydrogen (secondary N) is 1. The fourth-order valence-corrected chi connectivity index (χ4v) is 1.55. The Kier molecular flexibility index (Phi) is 4.04. The van der Waals surface area contributed by atoms with Crippen molar-refractivity contribution in [3.63, 3.8) is 0 Å². The second-order valence-electron chi connectivity index (χ2n) is 2.46. The molecule has 1 heterocycles. The molecule has 0 aliphatic heterocycles. The standard InChI is InChI=1S/C8H11N3O3S/c1-3-14-7(12)6(11-13)5-4-15-8(9-2)10-5/h4,13H,3H2,1-2H3,(H,9,10)/b11-6-. The van der Waals surface area contributed by atoms with E-state index in [0.29, 0.717) is 10.8 Å². The van der Waals surface area contributed by atoms with E-state index in [1.807, 2.05) is 0 Å². The van der Waals surface area contributed by atoms with Crippen molar-refractivity contribution < 1.29 is 14.7 Å². The highest BCUT2D eigenvalue weighted by Gasteiger charge is 2.19. The van der Waals surface area contributed by atoms with Crippen LogP contribution in [0.3, 0.4) is 0 Å². The van der Waals surface area contributed by atoms with Crippen LogP contribution in [0, 0.1) is 0 Å². The highest BCUT2D eigenvalue weighted by atomic mass is 32.1. The first-order chi connectivity index (χ1) is 7.22. The van der Waals surface area contributed by atoms with Crippen molar-refractivity contribution in [1.82, 2.24) is 4.98 Å². The number of rotatable bonds is 4. The molecule has 0 aliphatic rings. The summed E-state index contributed by atoms with van der Waals surface area (Å²) in [5.41, 5.74) is 0.111. The molecule has 0 bridgehead atoms. The fourth-order valence-electron chi connectivity index (χ4n) is 0.893. The van der Waals surface area contributed by atoms with Crippen LogP contribution in [-0.4, -0.2) is 35.5 Å². The van der Waals surface area contributed by atoms with Crippen molar-refractivity contribution in [2.45, 2.75) is 6.92 Å². The number of carbonyl (C=O) groups is 1. The highest BCUT2D eigenvalue weighted by molar-refractivity contribution is 7.14. The molecule has 0 amide bonds. The quantitative estimate of drug-likeness (QED) is 0.347. The lowest BCUT2D eigenvalue weighted by atomic mass is 10.3. The maximum absolute atomic E-state index is 11.3. The molecule has 0 radical (unpaired) electrons. The SMILES string of the molecule is CCOC(=O)/C(=N\O)c1csc(NC)n1. The van der Waals surface area contributed by atoms with Gasteiger partial charge in [0.05, 0.1) is 6.61 Å². The number of ether oxygens (including phenoxy) is 1. The molecule has 0 fully saturated rings. The van der Waals surface area contributed by atoms with Gasteiger partial charge in [0, 0.05) is 12.4 Å². The van der Waals surface area contributed by atoms with Gasteiger partial charge in [-0.25, -0.2) is 9.78 Å². The van der Waals surface area contributed by atoms with E-state index in [0.717, 1.165) is 0 Å². The van der Waals surface area contributed by atoms with E-state index < -0.39 is 5.97 Å². The zero-order valence-electron chi connectivity index (χ0n) is 8.35. The predicted molar refractivity (Wildman–Crippen MR) is 56.6 cm³/mol. The Balaban J connectivity index is 2.88. The van der Waals surface area contributed by atoms with E-state index in [1.54, 1.807) is 19.4 Å². The molecule has 0 saturated carbocycles. The summed E-state index contributed by atoms with van der Waals surface area (Å²) < 4.78 is 4.71. The Hall–Kier alpha value is -1.63. The van der Waals surface area contributed by atoms with E-state index in [4.69, 9.17) is 9.94 Å². The predicted octanol–water partition coefficient (Wildman–Crippen LogP) is 0.926. The summed E-state index contributed by atoms with van der Waals surface area (Å²) in [6.45, 7) is 1.90. The minimum atomic E-state index is -0.687. The molecule has 0 saturated heterocycles. The summed E-state index contributed by atoms with van der Waals surface area (Å²) in [4.78, 5) is 15.3. The van der Waals surface area contributed by atoms with Gasteiger partial charge in [-0.1, -0.05) is 5.16 Å². The van der Waals surface area contributed by atoms with Gasteiger partial charge in [-0.05, 0) is 6.92 Å². The molecule has 0 unspecified atom stereocenters. The van der Waals surface area contributed by atoms with Crippen LogP contribution in [0.2, 0.25) is 0 Å². The summed E-state index contributed by atoms with van der Waals surface area (Å²) in [5.74, 6) is -0.687. The van der Waals surface area contributed by atoms with Crippen LogP contribution in [0.15, 0.2) is 10.5 Å². The minimum absolute atomic E-state index is 0.186. The first-order valence-electron chi connectivity index (χ1n) is 4.25. The lowest BCUT2D eigenvalue weighted by Gasteiger charge is -2.00. The zero-order chi connectivity index (χ0) is 11.3. The molecule has 1 rings (SSSR count). The van der Waals surface area contributed by atoms with Gasteiger partial charge in [0.2, 0.25) is 5.71 Å². The smallest absolute Gasteiger partial charge is 0.362 e. The van der Waals surface area contributed by atoms with Gasteiger partial charge in [0.15, 0.2) is 5.13 Å². The molecule has 0 aliphatic carbocycles. The number of esters is 1. The van der Waals surface area contributed by atoms with Crippen LogP contribution < -0.4 is 5.32 Å². The third-order valence-electron chi connectivity index (χ3n) is 1.53. The lowest BCUT2D eigenvalue weighted by molar-refractivity contribution is -0.135. The summed E-state index contributed by atoms with van der Waals surface area (Å²) >= 11 is 1.31. The first-order valence-corrected chi connectivity index (χ1v) is 5.13. The Labute approximate surface area is 90.6 Å². The average Bonchev–Trinajstić information content (AvgIpc) is 2.68. The summed E-state index contributed by atoms with van der Waals surface area (Å²) in [5, 5.41) is 16.6. The number of hydrogen-bond donors (Lipinski definition) is 2. The van der Waals surface area contributed by atoms with Gasteiger partial charge in [-0.15, -0.1) is 11.3 Å². The zero-order valence-corrected chi connectivity index (χ0v) is 9.17. The Bertz CT molecular complexity index is 375. The van der Waals surface area contributed by atoms with E-state index >= 15 is 0 Å². The molecular weight excluding hydrogens is 218 g/mol. The van der Waals surface area contributed by atoms with Crippen molar-refractivity contribution >= 4 is 28.1 Å². The Morgan fingerprint density at radius 3 is 3.00 bits per heavy atom. The summed E-state index contributed by atoms with van der Waals surface area (Å²) in [6, 6.07) is 0. The molecule has 7 heteroatoms. The normalized spacial score (nSPS) is 11.2. The van der Waals surface area contributed by atoms with Crippen molar-refractivity contribution in [3.05, 3.63) is 11.1 Å². The molecule has 0 aromatic carbocycles. The van der Waals surface area contributed by atoms with E-state index in [1.165, 1.54) is 11.3 Å². The van der Waals surface area contributed by atoms with E-state index in [2.05, 4.69) is 15.5 Å². The maximum atomic E-state index is 11.3. The lowest BCUT2D eigenvalue weighted by Crippen LogP contribution is -2.19. The number of carbonyl (C=O) groups excluding carboxylic acids is 1. The summed E-state index contributed by atoms with van der Waals surface area (Å²) in [7, 11) is 1.71. The van der Waals surface area contributed by atoms with Gasteiger partial charge in [0.1, 0.15) is 5.69 Å². The number of oxime groups is 1. The maximum Gasteiger partial charge on any atom is 0.362 e. The van der Waals surface area contributed by atoms with Crippen LogP contribution in [0.25, 0.3) is 0 Å². The van der Waals surface area contributed by atoms with Crippen LogP contribution in [0.5, 0.6) is 0 Å². The van der Waals surface area contributed by atoms with Crippen molar-refractivity contribution in [2.75, 3.05) is 19.0 Å². The Morgan fingerprint density at radius 2 is 2.53 bits per heavy atom. The summed E-state index contributed by atoms with van der Waals surface area (Å²) in [6.07, 6.45) is 0. The molecule has 82 valence electrons. The van der Waals surface area contributed by atoms with Crippen molar-refractivity contribution in [1.29, 1.82) is 0 Å². The van der Waals surface area contributed by atoms with Gasteiger partial charge >= 0.3 is 5.97 Å². The largest absolute Gasteiger partial charge is 0.461 e. The molecule has 0 atom stereocenters. The fraction of sp³-hybridized carbons (Fsp3) is 0.375. The molecule has 1 aromatic heterocycles. The van der Waals surface area contributed by atoms with E-state index in [-0.39, 0.29) is 12.3 Å². The second-order valence-corrected chi connectivity index (χ2v) is 3.32. The first kappa shape index (κ1) is 11.4. The number of anilines is 1. The molecule has 0 spiro atoms. The van der Waals surface area contributed by atoms with Gasteiger partial charge in [-0.2, -0.15) is 0 Å². The molecular formula is C8H11N3O3S.